The molecule has 0 aromatic heterocycles. The lowest BCUT2D eigenvalue weighted by Crippen LogP contribution is -2.88. The summed E-state index contributed by atoms with van der Waals surface area (Å²) in [5, 5.41) is 8.74. The molecule has 0 unspecified atom stereocenters. The van der Waals surface area contributed by atoms with Crippen molar-refractivity contribution in [1.29, 1.82) is 0 Å². The third-order valence-electron chi connectivity index (χ3n) is 10.4. The first-order chi connectivity index (χ1) is 21.4. The summed E-state index contributed by atoms with van der Waals surface area (Å²) in [6.45, 7) is 7.96. The molecular formula is C40H39Si4. The molecule has 215 valence electrons. The smallest absolute Gasteiger partial charge is 0.0626 e. The molecule has 0 nitrogen and oxygen atoms in total. The van der Waals surface area contributed by atoms with Crippen molar-refractivity contribution in [3.05, 3.63) is 182 Å². The van der Waals surface area contributed by atoms with Crippen LogP contribution in [0.2, 0.25) is 23.5 Å². The molecule has 0 spiro atoms. The van der Waals surface area contributed by atoms with Crippen LogP contribution in [0.25, 0.3) is 0 Å². The molecule has 0 aliphatic heterocycles. The summed E-state index contributed by atoms with van der Waals surface area (Å²) in [4.78, 5) is 0. The van der Waals surface area contributed by atoms with E-state index >= 15 is 0 Å². The van der Waals surface area contributed by atoms with Gasteiger partial charge < -0.3 is 0 Å². The number of hydrogen-bond donors (Lipinski definition) is 0. The minimum absolute atomic E-state index is 0.291. The van der Waals surface area contributed by atoms with Gasteiger partial charge in [-0.15, -0.1) is 0 Å². The van der Waals surface area contributed by atoms with Crippen LogP contribution in [0.1, 0.15) is 0 Å². The lowest BCUT2D eigenvalue weighted by atomic mass is 10.4. The molecule has 0 heterocycles. The number of rotatable bonds is 9. The zero-order valence-corrected chi connectivity index (χ0v) is 29.8. The van der Waals surface area contributed by atoms with E-state index in [0.717, 1.165) is 0 Å². The summed E-state index contributed by atoms with van der Waals surface area (Å²) in [7, 11) is -3.02. The Kier molecular flexibility index (Phi) is 8.44. The minimum Gasteiger partial charge on any atom is -0.0626 e. The fourth-order valence-corrected chi connectivity index (χ4v) is 36.5. The lowest BCUT2D eigenvalue weighted by Gasteiger charge is -2.63. The van der Waals surface area contributed by atoms with Crippen molar-refractivity contribution in [2.24, 2.45) is 0 Å². The standard InChI is InChI=1S/C40H39Si4/c1-42(34-22-10-4-11-23-34,35-24-12-5-13-25-35)40(41,43(2,36-26-14-6-15-27-36)37-28-16-7-17-29-37)44(3,38-30-18-8-19-31-38)39-32-20-9-21-33-39/h4-33H,1-3H3. The highest BCUT2D eigenvalue weighted by Gasteiger charge is 2.69. The second-order valence-electron chi connectivity index (χ2n) is 12.3. The van der Waals surface area contributed by atoms with Gasteiger partial charge in [0, 0.05) is 10.2 Å². The average Bonchev–Trinajstić information content (AvgIpc) is 3.12. The molecule has 0 bridgehead atoms. The van der Waals surface area contributed by atoms with Gasteiger partial charge in [0.1, 0.15) is 24.2 Å². The zero-order valence-electron chi connectivity index (χ0n) is 25.8. The van der Waals surface area contributed by atoms with E-state index in [1.165, 1.54) is 31.1 Å². The molecule has 6 aromatic carbocycles. The normalized spacial score (nSPS) is 12.5. The van der Waals surface area contributed by atoms with Gasteiger partial charge in [-0.1, -0.05) is 233 Å². The van der Waals surface area contributed by atoms with Crippen LogP contribution in [0.5, 0.6) is 0 Å². The Labute approximate surface area is 269 Å². The first kappa shape index (κ1) is 30.2. The van der Waals surface area contributed by atoms with Crippen LogP contribution in [0.15, 0.2) is 182 Å². The number of benzene rings is 6. The van der Waals surface area contributed by atoms with Crippen LogP contribution in [0.3, 0.4) is 0 Å². The van der Waals surface area contributed by atoms with E-state index in [2.05, 4.69) is 202 Å². The summed E-state index contributed by atoms with van der Waals surface area (Å²) in [5.41, 5.74) is 0. The predicted octanol–water partition coefficient (Wildman–Crippen LogP) is 5.61. The third-order valence-corrected chi connectivity index (χ3v) is 37.3. The molecule has 3 radical (unpaired) electrons. The maximum Gasteiger partial charge on any atom is 0.114 e. The first-order valence-corrected chi connectivity index (χ1v) is 23.5. The molecule has 0 amide bonds. The van der Waals surface area contributed by atoms with Gasteiger partial charge in [0.2, 0.25) is 0 Å². The quantitative estimate of drug-likeness (QED) is 0.182. The molecular weight excluding hydrogens is 593 g/mol. The van der Waals surface area contributed by atoms with Crippen LogP contribution in [-0.4, -0.2) is 34.5 Å². The van der Waals surface area contributed by atoms with Crippen molar-refractivity contribution in [2.75, 3.05) is 0 Å². The predicted molar refractivity (Wildman–Crippen MR) is 200 cm³/mol. The van der Waals surface area contributed by atoms with E-state index in [1.54, 1.807) is 0 Å². The third kappa shape index (κ3) is 4.60. The van der Waals surface area contributed by atoms with Crippen molar-refractivity contribution in [3.8, 4) is 0 Å². The van der Waals surface area contributed by atoms with Crippen molar-refractivity contribution in [3.63, 3.8) is 0 Å². The monoisotopic (exact) mass is 631 g/mol. The Morgan fingerprint density at radius 2 is 0.432 bits per heavy atom. The van der Waals surface area contributed by atoms with Gasteiger partial charge >= 0.3 is 0 Å². The van der Waals surface area contributed by atoms with Gasteiger partial charge in [0.15, 0.2) is 0 Å². The molecule has 0 aliphatic rings. The van der Waals surface area contributed by atoms with Crippen LogP contribution >= 0.6 is 0 Å². The van der Waals surface area contributed by atoms with Crippen molar-refractivity contribution >= 4 is 65.6 Å². The molecule has 0 aliphatic carbocycles. The highest BCUT2D eigenvalue weighted by Crippen LogP contribution is 2.50. The summed E-state index contributed by atoms with van der Waals surface area (Å²) >= 11 is 0. The Morgan fingerprint density at radius 3 is 0.568 bits per heavy atom. The molecule has 4 heteroatoms. The van der Waals surface area contributed by atoms with Gasteiger partial charge in [-0.3, -0.25) is 0 Å². The molecule has 0 atom stereocenters. The molecule has 44 heavy (non-hydrogen) atoms. The van der Waals surface area contributed by atoms with E-state index < -0.39 is 24.2 Å². The van der Waals surface area contributed by atoms with Crippen LogP contribution < -0.4 is 31.1 Å². The van der Waals surface area contributed by atoms with Crippen molar-refractivity contribution in [2.45, 2.75) is 23.5 Å². The summed E-state index contributed by atoms with van der Waals surface area (Å²) in [5.74, 6) is 0. The Balaban J connectivity index is 1.89. The highest BCUT2D eigenvalue weighted by atomic mass is 28.5. The van der Waals surface area contributed by atoms with Crippen LogP contribution in [-0.2, 0) is 0 Å². The van der Waals surface area contributed by atoms with Gasteiger partial charge in [-0.2, -0.15) is 0 Å². The van der Waals surface area contributed by atoms with E-state index in [4.69, 9.17) is 10.2 Å². The highest BCUT2D eigenvalue weighted by molar-refractivity contribution is 7.39. The van der Waals surface area contributed by atoms with E-state index in [9.17, 15) is 0 Å². The Morgan fingerprint density at radius 1 is 0.295 bits per heavy atom. The number of hydrogen-bond acceptors (Lipinski definition) is 0. The largest absolute Gasteiger partial charge is 0.114 e. The topological polar surface area (TPSA) is 0 Å². The second-order valence-corrected chi connectivity index (χ2v) is 28.5. The van der Waals surface area contributed by atoms with Gasteiger partial charge in [-0.05, 0) is 3.91 Å². The summed E-state index contributed by atoms with van der Waals surface area (Å²) in [6, 6.07) is 68.7. The fourth-order valence-electron chi connectivity index (χ4n) is 7.93. The van der Waals surface area contributed by atoms with Crippen LogP contribution in [0.4, 0.5) is 0 Å². The summed E-state index contributed by atoms with van der Waals surface area (Å²) in [6.07, 6.45) is 0. The zero-order chi connectivity index (χ0) is 30.7. The molecule has 0 N–H and O–H groups in total. The molecule has 6 rings (SSSR count). The maximum atomic E-state index is 5.14. The Hall–Kier alpha value is -3.81. The van der Waals surface area contributed by atoms with E-state index in [-0.39, 0.29) is 3.91 Å². The average molecular weight is 632 g/mol. The minimum atomic E-state index is -2.72. The van der Waals surface area contributed by atoms with Gasteiger partial charge in [-0.25, -0.2) is 0 Å². The van der Waals surface area contributed by atoms with Crippen molar-refractivity contribution < 1.29 is 0 Å². The fraction of sp³-hybridized carbons (Fsp3) is 0.100. The SMILES string of the molecule is C[Si](c1ccccc1)(c1ccccc1)C([Si])([Si](C)(c1ccccc1)c1ccccc1)[Si](C)(c1ccccc1)c1ccccc1. The maximum absolute atomic E-state index is 5.14. The Bertz CT molecular complexity index is 1440. The van der Waals surface area contributed by atoms with Gasteiger partial charge in [0.05, 0.1) is 0 Å². The van der Waals surface area contributed by atoms with Crippen LogP contribution in [0, 0.1) is 0 Å². The van der Waals surface area contributed by atoms with E-state index in [1.807, 2.05) is 0 Å². The van der Waals surface area contributed by atoms with Gasteiger partial charge in [0.25, 0.3) is 0 Å². The molecule has 0 fully saturated rings. The molecule has 0 saturated heterocycles. The molecule has 6 aromatic rings. The van der Waals surface area contributed by atoms with Crippen molar-refractivity contribution in [1.82, 2.24) is 0 Å². The summed E-state index contributed by atoms with van der Waals surface area (Å²) < 4.78 is -0.291. The second kappa shape index (κ2) is 12.3. The van der Waals surface area contributed by atoms with E-state index in [0.29, 0.717) is 0 Å². The molecule has 0 saturated carbocycles. The first-order valence-electron chi connectivity index (χ1n) is 15.5. The lowest BCUT2D eigenvalue weighted by molar-refractivity contribution is 1.32.